The molecule has 0 aromatic heterocycles. The van der Waals surface area contributed by atoms with Gasteiger partial charge in [0.05, 0.1) is 0 Å². The molecule has 0 spiro atoms. The lowest BCUT2D eigenvalue weighted by molar-refractivity contribution is -0.127. The van der Waals surface area contributed by atoms with Crippen LogP contribution in [0.1, 0.15) is 23.6 Å². The van der Waals surface area contributed by atoms with E-state index in [4.69, 9.17) is 16.3 Å². The van der Waals surface area contributed by atoms with Crippen molar-refractivity contribution in [2.75, 3.05) is 12.3 Å². The highest BCUT2D eigenvalue weighted by molar-refractivity contribution is 7.98. The third kappa shape index (κ3) is 6.63. The molecule has 0 saturated heterocycles. The lowest BCUT2D eigenvalue weighted by Gasteiger charge is -2.15. The number of benzene rings is 2. The zero-order valence-corrected chi connectivity index (χ0v) is 16.4. The Morgan fingerprint density at radius 1 is 1.24 bits per heavy atom. The van der Waals surface area contributed by atoms with E-state index >= 15 is 0 Å². The topological polar surface area (TPSA) is 38.3 Å². The minimum Gasteiger partial charge on any atom is -0.481 e. The molecule has 1 atom stereocenters. The molecule has 1 amide bonds. The highest BCUT2D eigenvalue weighted by Gasteiger charge is 2.14. The smallest absolute Gasteiger partial charge is 0.260 e. The van der Waals surface area contributed by atoms with E-state index in [9.17, 15) is 4.79 Å². The van der Waals surface area contributed by atoms with Crippen molar-refractivity contribution in [1.82, 2.24) is 5.32 Å². The Morgan fingerprint density at radius 3 is 2.76 bits per heavy atom. The van der Waals surface area contributed by atoms with Gasteiger partial charge in [0.15, 0.2) is 6.10 Å². The summed E-state index contributed by atoms with van der Waals surface area (Å²) in [6.07, 6.45) is -0.539. The average molecular weight is 378 g/mol. The van der Waals surface area contributed by atoms with Crippen LogP contribution in [0.4, 0.5) is 0 Å². The van der Waals surface area contributed by atoms with Gasteiger partial charge in [0, 0.05) is 23.1 Å². The lowest BCUT2D eigenvalue weighted by atomic mass is 10.2. The van der Waals surface area contributed by atoms with Crippen LogP contribution in [-0.4, -0.2) is 24.3 Å². The van der Waals surface area contributed by atoms with Crippen LogP contribution >= 0.6 is 23.4 Å². The third-order valence-corrected chi connectivity index (χ3v) is 5.16. The van der Waals surface area contributed by atoms with Crippen molar-refractivity contribution in [3.63, 3.8) is 0 Å². The van der Waals surface area contributed by atoms with Gasteiger partial charge in [-0.2, -0.15) is 11.8 Å². The van der Waals surface area contributed by atoms with Crippen LogP contribution < -0.4 is 10.1 Å². The van der Waals surface area contributed by atoms with Gasteiger partial charge < -0.3 is 10.1 Å². The van der Waals surface area contributed by atoms with Crippen LogP contribution in [0.25, 0.3) is 0 Å². The summed E-state index contributed by atoms with van der Waals surface area (Å²) in [5.41, 5.74) is 3.51. The van der Waals surface area contributed by atoms with Crippen molar-refractivity contribution in [2.24, 2.45) is 0 Å². The number of hydrogen-bond acceptors (Lipinski definition) is 3. The van der Waals surface area contributed by atoms with E-state index in [0.29, 0.717) is 17.3 Å². The highest BCUT2D eigenvalue weighted by Crippen LogP contribution is 2.21. The maximum absolute atomic E-state index is 12.1. The fourth-order valence-corrected chi connectivity index (χ4v) is 3.25. The molecule has 0 aliphatic heterocycles. The summed E-state index contributed by atoms with van der Waals surface area (Å²) in [6.45, 7) is 6.38. The normalized spacial score (nSPS) is 11.8. The Balaban J connectivity index is 1.68. The SMILES string of the molecule is Cc1cccc(CSCCNC(=O)[C@H](C)Oc2ccc(Cl)c(C)c2)c1. The number of carbonyl (C=O) groups is 1. The van der Waals surface area contributed by atoms with E-state index in [2.05, 4.69) is 36.5 Å². The van der Waals surface area contributed by atoms with Crippen molar-refractivity contribution in [3.8, 4) is 5.75 Å². The van der Waals surface area contributed by atoms with E-state index in [1.165, 1.54) is 11.1 Å². The van der Waals surface area contributed by atoms with E-state index in [1.54, 1.807) is 30.8 Å². The first-order valence-corrected chi connectivity index (χ1v) is 9.83. The Labute approximate surface area is 159 Å². The molecular weight excluding hydrogens is 354 g/mol. The van der Waals surface area contributed by atoms with Crippen molar-refractivity contribution in [1.29, 1.82) is 0 Å². The Bertz CT molecular complexity index is 721. The summed E-state index contributed by atoms with van der Waals surface area (Å²) >= 11 is 7.80. The van der Waals surface area contributed by atoms with Crippen LogP contribution in [-0.2, 0) is 10.5 Å². The second-order valence-corrected chi connectivity index (χ2v) is 7.52. The van der Waals surface area contributed by atoms with E-state index in [-0.39, 0.29) is 5.91 Å². The Morgan fingerprint density at radius 2 is 2.04 bits per heavy atom. The summed E-state index contributed by atoms with van der Waals surface area (Å²) in [7, 11) is 0. The zero-order valence-electron chi connectivity index (χ0n) is 14.8. The number of nitrogens with one attached hydrogen (secondary N) is 1. The van der Waals surface area contributed by atoms with E-state index < -0.39 is 6.10 Å². The molecule has 0 saturated carbocycles. The highest BCUT2D eigenvalue weighted by atomic mass is 35.5. The fraction of sp³-hybridized carbons (Fsp3) is 0.350. The van der Waals surface area contributed by atoms with Gasteiger partial charge in [-0.15, -0.1) is 0 Å². The van der Waals surface area contributed by atoms with Crippen LogP contribution in [0.15, 0.2) is 42.5 Å². The minimum absolute atomic E-state index is 0.108. The maximum Gasteiger partial charge on any atom is 0.260 e. The Hall–Kier alpha value is -1.65. The number of ether oxygens (including phenoxy) is 1. The van der Waals surface area contributed by atoms with Gasteiger partial charge in [-0.1, -0.05) is 41.4 Å². The molecule has 3 nitrogen and oxygen atoms in total. The van der Waals surface area contributed by atoms with Gasteiger partial charge in [-0.25, -0.2) is 0 Å². The number of rotatable bonds is 8. The standard InChI is InChI=1S/C20H24ClNO2S/c1-14-5-4-6-17(11-14)13-25-10-9-22-20(23)16(3)24-18-7-8-19(21)15(2)12-18/h4-8,11-12,16H,9-10,13H2,1-3H3,(H,22,23)/t16-/m0/s1. The number of hydrogen-bond donors (Lipinski definition) is 1. The number of halogens is 1. The molecule has 134 valence electrons. The molecule has 0 unspecified atom stereocenters. The third-order valence-electron chi connectivity index (χ3n) is 3.71. The zero-order chi connectivity index (χ0) is 18.2. The van der Waals surface area contributed by atoms with Gasteiger partial charge in [0.2, 0.25) is 0 Å². The quantitative estimate of drug-likeness (QED) is 0.673. The number of amides is 1. The molecular formula is C20H24ClNO2S. The molecule has 25 heavy (non-hydrogen) atoms. The second kappa shape index (κ2) is 9.73. The number of carbonyl (C=O) groups excluding carboxylic acids is 1. The van der Waals surface area contributed by atoms with Gasteiger partial charge in [-0.05, 0) is 50.1 Å². The second-order valence-electron chi connectivity index (χ2n) is 6.00. The summed E-state index contributed by atoms with van der Waals surface area (Å²) in [5, 5.41) is 3.61. The van der Waals surface area contributed by atoms with Gasteiger partial charge in [0.25, 0.3) is 5.91 Å². The molecule has 2 aromatic rings. The largest absolute Gasteiger partial charge is 0.481 e. The summed E-state index contributed by atoms with van der Waals surface area (Å²) < 4.78 is 5.67. The predicted octanol–water partition coefficient (Wildman–Crippen LogP) is 4.77. The molecule has 1 N–H and O–H groups in total. The minimum atomic E-state index is -0.539. The lowest BCUT2D eigenvalue weighted by Crippen LogP contribution is -2.37. The summed E-state index contributed by atoms with van der Waals surface area (Å²) in [5.74, 6) is 2.36. The van der Waals surface area contributed by atoms with Crippen LogP contribution in [0.3, 0.4) is 0 Å². The predicted molar refractivity (Wildman–Crippen MR) is 107 cm³/mol. The first kappa shape index (κ1) is 19.7. The molecule has 0 heterocycles. The van der Waals surface area contributed by atoms with Crippen molar-refractivity contribution in [3.05, 3.63) is 64.2 Å². The summed E-state index contributed by atoms with van der Waals surface area (Å²) in [4.78, 5) is 12.1. The molecule has 0 aliphatic carbocycles. The summed E-state index contributed by atoms with van der Waals surface area (Å²) in [6, 6.07) is 13.9. The molecule has 0 radical (unpaired) electrons. The van der Waals surface area contributed by atoms with E-state index in [0.717, 1.165) is 17.1 Å². The maximum atomic E-state index is 12.1. The molecule has 0 bridgehead atoms. The number of thioether (sulfide) groups is 1. The van der Waals surface area contributed by atoms with Crippen LogP contribution in [0.2, 0.25) is 5.02 Å². The van der Waals surface area contributed by atoms with Gasteiger partial charge >= 0.3 is 0 Å². The monoisotopic (exact) mass is 377 g/mol. The fourth-order valence-electron chi connectivity index (χ4n) is 2.33. The average Bonchev–Trinajstić information content (AvgIpc) is 2.57. The van der Waals surface area contributed by atoms with Crippen molar-refractivity contribution in [2.45, 2.75) is 32.6 Å². The Kier molecular flexibility index (Phi) is 7.66. The molecule has 0 fully saturated rings. The van der Waals surface area contributed by atoms with Gasteiger partial charge in [-0.3, -0.25) is 4.79 Å². The molecule has 0 aliphatic rings. The van der Waals surface area contributed by atoms with Crippen molar-refractivity contribution < 1.29 is 9.53 Å². The molecule has 5 heteroatoms. The number of aryl methyl sites for hydroxylation is 2. The van der Waals surface area contributed by atoms with Crippen molar-refractivity contribution >= 4 is 29.3 Å². The van der Waals surface area contributed by atoms with Gasteiger partial charge in [0.1, 0.15) is 5.75 Å². The van der Waals surface area contributed by atoms with Crippen LogP contribution in [0, 0.1) is 13.8 Å². The van der Waals surface area contributed by atoms with E-state index in [1.807, 2.05) is 13.0 Å². The van der Waals surface area contributed by atoms with Crippen LogP contribution in [0.5, 0.6) is 5.75 Å². The first-order valence-electron chi connectivity index (χ1n) is 8.29. The molecule has 2 aromatic carbocycles. The molecule has 2 rings (SSSR count). The first-order chi connectivity index (χ1) is 12.0.